The summed E-state index contributed by atoms with van der Waals surface area (Å²) in [5.74, 6) is -1.50. The molecule has 154 valence electrons. The molecular formula is C25H19BrN2O3. The molecule has 0 radical (unpaired) electrons. The van der Waals surface area contributed by atoms with Crippen molar-refractivity contribution in [1.29, 1.82) is 0 Å². The fourth-order valence-corrected chi connectivity index (χ4v) is 3.84. The summed E-state index contributed by atoms with van der Waals surface area (Å²) in [5, 5.41) is 10.7. The van der Waals surface area contributed by atoms with Gasteiger partial charge in [-0.25, -0.2) is 0 Å². The summed E-state index contributed by atoms with van der Waals surface area (Å²) in [5.41, 5.74) is 2.47. The number of ketones is 1. The molecule has 0 bridgehead atoms. The highest BCUT2D eigenvalue weighted by Gasteiger charge is 2.42. The molecule has 3 aromatic rings. The zero-order chi connectivity index (χ0) is 21.8. The van der Waals surface area contributed by atoms with Crippen LogP contribution < -0.4 is 0 Å². The average molecular weight is 475 g/mol. The van der Waals surface area contributed by atoms with E-state index >= 15 is 0 Å². The van der Waals surface area contributed by atoms with Crippen molar-refractivity contribution in [3.05, 3.63) is 118 Å². The second-order valence-corrected chi connectivity index (χ2v) is 8.03. The van der Waals surface area contributed by atoms with Gasteiger partial charge in [0.1, 0.15) is 0 Å². The summed E-state index contributed by atoms with van der Waals surface area (Å²) in [4.78, 5) is 31.7. The number of aliphatic hydroxyl groups is 1. The Bertz CT molecular complexity index is 1160. The lowest BCUT2D eigenvalue weighted by Gasteiger charge is -2.26. The number of pyridine rings is 1. The molecule has 0 aliphatic carbocycles. The topological polar surface area (TPSA) is 70.5 Å². The second-order valence-electron chi connectivity index (χ2n) is 7.12. The molecule has 31 heavy (non-hydrogen) atoms. The van der Waals surface area contributed by atoms with Gasteiger partial charge in [-0.3, -0.25) is 14.6 Å². The van der Waals surface area contributed by atoms with Crippen LogP contribution >= 0.6 is 15.9 Å². The second kappa shape index (κ2) is 9.10. The van der Waals surface area contributed by atoms with E-state index in [1.54, 1.807) is 24.5 Å². The van der Waals surface area contributed by atoms with E-state index in [4.69, 9.17) is 0 Å². The van der Waals surface area contributed by atoms with E-state index in [1.165, 1.54) is 11.0 Å². The molecule has 1 N–H and O–H groups in total. The van der Waals surface area contributed by atoms with Crippen molar-refractivity contribution in [2.75, 3.05) is 0 Å². The number of hydrogen-bond donors (Lipinski definition) is 1. The quantitative estimate of drug-likeness (QED) is 0.509. The molecule has 5 nitrogen and oxygen atoms in total. The molecular weight excluding hydrogens is 456 g/mol. The molecule has 2 aromatic carbocycles. The molecule has 1 unspecified atom stereocenters. The number of allylic oxidation sites excluding steroid dienone is 1. The monoisotopic (exact) mass is 474 g/mol. The fourth-order valence-electron chi connectivity index (χ4n) is 3.57. The number of halogens is 1. The van der Waals surface area contributed by atoms with E-state index in [0.717, 1.165) is 21.2 Å². The van der Waals surface area contributed by atoms with E-state index in [2.05, 4.69) is 20.9 Å². The van der Waals surface area contributed by atoms with Gasteiger partial charge in [-0.2, -0.15) is 0 Å². The number of hydrogen-bond acceptors (Lipinski definition) is 4. The van der Waals surface area contributed by atoms with Crippen LogP contribution in [0.1, 0.15) is 22.7 Å². The van der Waals surface area contributed by atoms with Crippen molar-refractivity contribution in [2.24, 2.45) is 0 Å². The van der Waals surface area contributed by atoms with Crippen LogP contribution in [-0.2, 0) is 16.1 Å². The van der Waals surface area contributed by atoms with E-state index in [1.807, 2.05) is 60.7 Å². The fraction of sp³-hybridized carbons (Fsp3) is 0.0800. The minimum atomic E-state index is -0.700. The highest BCUT2D eigenvalue weighted by molar-refractivity contribution is 9.10. The third-order valence-electron chi connectivity index (χ3n) is 5.06. The van der Waals surface area contributed by atoms with E-state index in [-0.39, 0.29) is 12.1 Å². The number of benzene rings is 2. The minimum Gasteiger partial charge on any atom is -0.503 e. The highest BCUT2D eigenvalue weighted by Crippen LogP contribution is 2.39. The lowest BCUT2D eigenvalue weighted by atomic mass is 9.95. The summed E-state index contributed by atoms with van der Waals surface area (Å²) >= 11 is 3.41. The summed E-state index contributed by atoms with van der Waals surface area (Å²) in [6, 6.07) is 19.7. The molecule has 0 saturated carbocycles. The maximum Gasteiger partial charge on any atom is 0.290 e. The maximum absolute atomic E-state index is 13.1. The molecule has 1 aliphatic heterocycles. The summed E-state index contributed by atoms with van der Waals surface area (Å²) in [7, 11) is 0. The van der Waals surface area contributed by atoms with Crippen LogP contribution in [0.2, 0.25) is 0 Å². The number of amides is 1. The number of carbonyl (C=O) groups is 2. The Morgan fingerprint density at radius 3 is 2.48 bits per heavy atom. The standard InChI is InChI=1S/C25H19BrN2O3/c26-20-11-9-19(10-12-20)23-22(21(29)13-8-17-5-2-1-3-6-17)24(30)25(31)28(23)16-18-7-4-14-27-15-18/h1-15,23,30H,16H2. The van der Waals surface area contributed by atoms with Gasteiger partial charge in [0.25, 0.3) is 5.91 Å². The zero-order valence-electron chi connectivity index (χ0n) is 16.5. The summed E-state index contributed by atoms with van der Waals surface area (Å²) < 4.78 is 0.879. The van der Waals surface area contributed by atoms with Gasteiger partial charge in [0.15, 0.2) is 11.5 Å². The van der Waals surface area contributed by atoms with Crippen LogP contribution in [0.15, 0.2) is 101 Å². The molecule has 1 aliphatic rings. The molecule has 1 atom stereocenters. The minimum absolute atomic E-state index is 0.0726. The normalized spacial score (nSPS) is 16.4. The first-order valence-electron chi connectivity index (χ1n) is 9.70. The molecule has 0 saturated heterocycles. The third kappa shape index (κ3) is 4.49. The van der Waals surface area contributed by atoms with Crippen molar-refractivity contribution in [3.8, 4) is 0 Å². The Morgan fingerprint density at radius 2 is 1.81 bits per heavy atom. The third-order valence-corrected chi connectivity index (χ3v) is 5.59. The van der Waals surface area contributed by atoms with Gasteiger partial charge in [0.2, 0.25) is 0 Å². The smallest absolute Gasteiger partial charge is 0.290 e. The van der Waals surface area contributed by atoms with Gasteiger partial charge in [0, 0.05) is 23.4 Å². The average Bonchev–Trinajstić information content (AvgIpc) is 3.04. The van der Waals surface area contributed by atoms with Crippen LogP contribution in [0, 0.1) is 0 Å². The number of carbonyl (C=O) groups excluding carboxylic acids is 2. The number of nitrogens with zero attached hydrogens (tertiary/aromatic N) is 2. The van der Waals surface area contributed by atoms with Crippen LogP contribution in [0.5, 0.6) is 0 Å². The van der Waals surface area contributed by atoms with Crippen molar-refractivity contribution < 1.29 is 14.7 Å². The van der Waals surface area contributed by atoms with E-state index < -0.39 is 23.5 Å². The molecule has 0 fully saturated rings. The summed E-state index contributed by atoms with van der Waals surface area (Å²) in [6.07, 6.45) is 6.39. The van der Waals surface area contributed by atoms with Crippen LogP contribution in [0.3, 0.4) is 0 Å². The SMILES string of the molecule is O=C(C=Cc1ccccc1)C1=C(O)C(=O)N(Cc2cccnc2)C1c1ccc(Br)cc1. The van der Waals surface area contributed by atoms with Crippen molar-refractivity contribution in [2.45, 2.75) is 12.6 Å². The lowest BCUT2D eigenvalue weighted by Crippen LogP contribution is -2.30. The first kappa shape index (κ1) is 20.8. The molecule has 0 spiro atoms. The molecule has 1 amide bonds. The Hall–Kier alpha value is -3.51. The van der Waals surface area contributed by atoms with Crippen molar-refractivity contribution in [3.63, 3.8) is 0 Å². The van der Waals surface area contributed by atoms with Gasteiger partial charge in [-0.15, -0.1) is 0 Å². The van der Waals surface area contributed by atoms with Crippen LogP contribution in [-0.4, -0.2) is 26.7 Å². The zero-order valence-corrected chi connectivity index (χ0v) is 18.1. The van der Waals surface area contributed by atoms with E-state index in [9.17, 15) is 14.7 Å². The summed E-state index contributed by atoms with van der Waals surface area (Å²) in [6.45, 7) is 0.219. The van der Waals surface area contributed by atoms with Crippen molar-refractivity contribution in [1.82, 2.24) is 9.88 Å². The number of aromatic nitrogens is 1. The van der Waals surface area contributed by atoms with Gasteiger partial charge in [-0.1, -0.05) is 70.5 Å². The Balaban J connectivity index is 1.72. The molecule has 6 heteroatoms. The Kier molecular flexibility index (Phi) is 6.09. The lowest BCUT2D eigenvalue weighted by molar-refractivity contribution is -0.130. The highest BCUT2D eigenvalue weighted by atomic mass is 79.9. The van der Waals surface area contributed by atoms with Gasteiger partial charge in [0.05, 0.1) is 11.6 Å². The number of aliphatic hydroxyl groups excluding tert-OH is 1. The first-order valence-corrected chi connectivity index (χ1v) is 10.5. The number of rotatable bonds is 6. The maximum atomic E-state index is 13.1. The molecule has 1 aromatic heterocycles. The Morgan fingerprint density at radius 1 is 1.06 bits per heavy atom. The molecule has 2 heterocycles. The molecule has 4 rings (SSSR count). The van der Waals surface area contributed by atoms with Gasteiger partial charge in [-0.05, 0) is 41.0 Å². The largest absolute Gasteiger partial charge is 0.503 e. The predicted molar refractivity (Wildman–Crippen MR) is 122 cm³/mol. The van der Waals surface area contributed by atoms with Gasteiger partial charge < -0.3 is 10.0 Å². The van der Waals surface area contributed by atoms with Crippen LogP contribution in [0.4, 0.5) is 0 Å². The van der Waals surface area contributed by atoms with Gasteiger partial charge >= 0.3 is 0 Å². The van der Waals surface area contributed by atoms with Crippen molar-refractivity contribution >= 4 is 33.7 Å². The Labute approximate surface area is 188 Å². The predicted octanol–water partition coefficient (Wildman–Crippen LogP) is 5.02. The first-order chi connectivity index (χ1) is 15.0. The van der Waals surface area contributed by atoms with E-state index in [0.29, 0.717) is 0 Å². The van der Waals surface area contributed by atoms with Crippen LogP contribution in [0.25, 0.3) is 6.08 Å².